The number of hydrogen-bond donors (Lipinski definition) is 1. The molecule has 220 valence electrons. The quantitative estimate of drug-likeness (QED) is 0.183. The van der Waals surface area contributed by atoms with E-state index in [2.05, 4.69) is 4.99 Å². The predicted molar refractivity (Wildman–Crippen MR) is 97.9 cm³/mol. The van der Waals surface area contributed by atoms with Gasteiger partial charge in [0.1, 0.15) is 0 Å². The van der Waals surface area contributed by atoms with Crippen molar-refractivity contribution in [2.45, 2.75) is 73.9 Å². The highest BCUT2D eigenvalue weighted by Crippen LogP contribution is 2.64. The number of aliphatic imine (C=N–C) groups is 1. The van der Waals surface area contributed by atoms with Crippen molar-refractivity contribution in [3.8, 4) is 0 Å². The summed E-state index contributed by atoms with van der Waals surface area (Å²) >= 11 is 0. The van der Waals surface area contributed by atoms with Crippen LogP contribution in [-0.2, 0) is 0 Å². The third-order valence-corrected chi connectivity index (χ3v) is 4.50. The maximum Gasteiger partial charge on any atom is 0.460 e. The van der Waals surface area contributed by atoms with Crippen LogP contribution in [0.15, 0.2) is 35.3 Å². The van der Waals surface area contributed by atoms with Gasteiger partial charge in [-0.2, -0.15) is 74.6 Å². The monoisotopic (exact) mass is 594 g/mol. The number of alkyl halides is 17. The van der Waals surface area contributed by atoms with Crippen LogP contribution >= 0.6 is 0 Å². The van der Waals surface area contributed by atoms with Crippen molar-refractivity contribution in [1.82, 2.24) is 0 Å². The Labute approximate surface area is 201 Å². The molecule has 19 heteroatoms. The van der Waals surface area contributed by atoms with Gasteiger partial charge in [-0.1, -0.05) is 18.2 Å². The van der Waals surface area contributed by atoms with E-state index in [1.807, 2.05) is 0 Å². The minimum Gasteiger partial charge on any atom is -0.339 e. The maximum atomic E-state index is 14.7. The number of nitrogens with one attached hydrogen (secondary N) is 1. The fraction of sp³-hybridized carbons (Fsp3) is 0.632. The van der Waals surface area contributed by atoms with Crippen LogP contribution in [-0.4, -0.2) is 59.0 Å². The van der Waals surface area contributed by atoms with Crippen LogP contribution in [0.1, 0.15) is 20.8 Å². The molecular weight excluding hydrogens is 579 g/mol. The van der Waals surface area contributed by atoms with Crippen LogP contribution in [0.3, 0.4) is 0 Å². The number of para-hydroxylation sites is 1. The number of benzene rings is 1. The second-order valence-electron chi connectivity index (χ2n) is 8.64. The Morgan fingerprint density at radius 2 is 0.868 bits per heavy atom. The van der Waals surface area contributed by atoms with Gasteiger partial charge in [-0.15, -0.1) is 0 Å². The first-order chi connectivity index (χ1) is 16.4. The minimum absolute atomic E-state index is 0.650. The molecule has 1 rings (SSSR count). The predicted octanol–water partition coefficient (Wildman–Crippen LogP) is 8.30. The average Bonchev–Trinajstić information content (AvgIpc) is 2.71. The highest BCUT2D eigenvalue weighted by atomic mass is 19.4. The van der Waals surface area contributed by atoms with E-state index in [-0.39, 0.29) is 0 Å². The molecule has 0 heterocycles. The van der Waals surface area contributed by atoms with Crippen LogP contribution in [0, 0.1) is 0 Å². The highest BCUT2D eigenvalue weighted by molar-refractivity contribution is 6.01. The summed E-state index contributed by atoms with van der Waals surface area (Å²) < 4.78 is 230. The Bertz CT molecular complexity index is 1000. The van der Waals surface area contributed by atoms with Crippen molar-refractivity contribution in [3.05, 3.63) is 30.3 Å². The van der Waals surface area contributed by atoms with Gasteiger partial charge < -0.3 is 5.32 Å². The van der Waals surface area contributed by atoms with Crippen LogP contribution in [0.2, 0.25) is 0 Å². The van der Waals surface area contributed by atoms with Crippen molar-refractivity contribution >= 4 is 11.5 Å². The Morgan fingerprint density at radius 3 is 1.21 bits per heavy atom. The van der Waals surface area contributed by atoms with Gasteiger partial charge in [0.25, 0.3) is 0 Å². The zero-order valence-corrected chi connectivity index (χ0v) is 18.8. The van der Waals surface area contributed by atoms with E-state index in [1.165, 1.54) is 11.4 Å². The molecule has 0 radical (unpaired) electrons. The Balaban J connectivity index is 3.82. The SMILES string of the molecule is CC(C)(C)N=C(Nc1ccccc1)C(F)(F)C(F)(F)C(F)(F)C(F)(F)C(F)(F)C(F)(F)C(F)(F)C(F)(F)F. The van der Waals surface area contributed by atoms with Crippen molar-refractivity contribution in [1.29, 1.82) is 0 Å². The number of amidine groups is 1. The minimum atomic E-state index is -8.68. The lowest BCUT2D eigenvalue weighted by atomic mass is 9.88. The zero-order chi connectivity index (χ0) is 30.6. The zero-order valence-electron chi connectivity index (χ0n) is 18.8. The van der Waals surface area contributed by atoms with Crippen LogP contribution < -0.4 is 5.32 Å². The molecule has 0 aliphatic rings. The van der Waals surface area contributed by atoms with Gasteiger partial charge in [0.05, 0.1) is 5.54 Å². The molecule has 0 saturated heterocycles. The Morgan fingerprint density at radius 1 is 0.526 bits per heavy atom. The first kappa shape index (κ1) is 33.5. The van der Waals surface area contributed by atoms with Crippen LogP contribution in [0.4, 0.5) is 80.3 Å². The van der Waals surface area contributed by atoms with E-state index in [4.69, 9.17) is 0 Å². The molecule has 1 aromatic carbocycles. The topological polar surface area (TPSA) is 24.4 Å². The molecule has 0 aliphatic heterocycles. The van der Waals surface area contributed by atoms with E-state index in [1.54, 1.807) is 0 Å². The van der Waals surface area contributed by atoms with Gasteiger partial charge in [0, 0.05) is 5.69 Å². The Hall–Kier alpha value is -2.50. The van der Waals surface area contributed by atoms with Crippen molar-refractivity contribution in [2.75, 3.05) is 5.32 Å². The van der Waals surface area contributed by atoms with Crippen LogP contribution in [0.5, 0.6) is 0 Å². The Kier molecular flexibility index (Phi) is 8.21. The molecule has 0 aromatic heterocycles. The number of nitrogens with zero attached hydrogens (tertiary/aromatic N) is 1. The largest absolute Gasteiger partial charge is 0.460 e. The van der Waals surface area contributed by atoms with Gasteiger partial charge in [-0.25, -0.2) is 0 Å². The standard InChI is InChI=1S/C19H15F17N2/c1-11(2,3)38-10(37-9-7-5-4-6-8-9)12(20,21)13(22,23)14(24,25)15(26,27)16(28,29)17(30,31)18(32,33)19(34,35)36/h4-8H,1-3H3,(H,37,38). The van der Waals surface area contributed by atoms with Crippen molar-refractivity contribution in [3.63, 3.8) is 0 Å². The van der Waals surface area contributed by atoms with E-state index >= 15 is 0 Å². The number of halogens is 17. The number of hydrogen-bond acceptors (Lipinski definition) is 1. The molecule has 0 amide bonds. The lowest BCUT2D eigenvalue weighted by molar-refractivity contribution is -0.458. The molecule has 0 unspecified atom stereocenters. The van der Waals surface area contributed by atoms with Gasteiger partial charge in [0.15, 0.2) is 5.84 Å². The van der Waals surface area contributed by atoms with Crippen molar-refractivity contribution < 1.29 is 74.6 Å². The van der Waals surface area contributed by atoms with E-state index in [9.17, 15) is 74.6 Å². The highest BCUT2D eigenvalue weighted by Gasteiger charge is 2.95. The summed E-state index contributed by atoms with van der Waals surface area (Å²) in [7, 11) is 0. The fourth-order valence-corrected chi connectivity index (χ4v) is 2.48. The first-order valence-electron chi connectivity index (χ1n) is 9.57. The maximum absolute atomic E-state index is 14.7. The molecule has 1 N–H and O–H groups in total. The second-order valence-corrected chi connectivity index (χ2v) is 8.64. The normalized spacial score (nSPS) is 16.1. The van der Waals surface area contributed by atoms with Gasteiger partial charge in [0.2, 0.25) is 0 Å². The molecule has 0 aliphatic carbocycles. The molecule has 38 heavy (non-hydrogen) atoms. The third kappa shape index (κ3) is 5.08. The molecule has 1 aromatic rings. The summed E-state index contributed by atoms with van der Waals surface area (Å²) in [6.45, 7) is 2.61. The average molecular weight is 594 g/mol. The van der Waals surface area contributed by atoms with Crippen LogP contribution in [0.25, 0.3) is 0 Å². The van der Waals surface area contributed by atoms with Gasteiger partial charge in [-0.05, 0) is 32.9 Å². The van der Waals surface area contributed by atoms with E-state index in [0.717, 1.165) is 45.0 Å². The summed E-state index contributed by atoms with van der Waals surface area (Å²) in [6.07, 6.45) is -7.80. The third-order valence-electron chi connectivity index (χ3n) is 4.50. The first-order valence-corrected chi connectivity index (χ1v) is 9.57. The lowest BCUT2D eigenvalue weighted by Crippen LogP contribution is -2.75. The number of anilines is 1. The summed E-state index contributed by atoms with van der Waals surface area (Å²) in [5, 5.41) is 1.36. The molecule has 0 saturated carbocycles. The van der Waals surface area contributed by atoms with E-state index in [0.29, 0.717) is 0 Å². The summed E-state index contributed by atoms with van der Waals surface area (Å²) in [6, 6.07) is 4.92. The number of rotatable bonds is 8. The van der Waals surface area contributed by atoms with Gasteiger partial charge >= 0.3 is 47.6 Å². The smallest absolute Gasteiger partial charge is 0.339 e. The lowest BCUT2D eigenvalue weighted by Gasteiger charge is -2.43. The fourth-order valence-electron chi connectivity index (χ4n) is 2.48. The van der Waals surface area contributed by atoms with E-state index < -0.39 is 64.7 Å². The second kappa shape index (κ2) is 9.31. The van der Waals surface area contributed by atoms with Crippen molar-refractivity contribution in [2.24, 2.45) is 4.99 Å². The summed E-state index contributed by atoms with van der Waals surface area (Å²) in [5.74, 6) is -59.8. The molecule has 2 nitrogen and oxygen atoms in total. The molecule has 0 bridgehead atoms. The van der Waals surface area contributed by atoms with Gasteiger partial charge in [-0.3, -0.25) is 4.99 Å². The molecular formula is C19H15F17N2. The summed E-state index contributed by atoms with van der Waals surface area (Å²) in [4.78, 5) is 2.91. The molecule has 0 atom stereocenters. The summed E-state index contributed by atoms with van der Waals surface area (Å²) in [5.41, 5.74) is -2.58. The molecule has 0 spiro atoms. The molecule has 0 fully saturated rings.